The highest BCUT2D eigenvalue weighted by molar-refractivity contribution is 5.92. The van der Waals surface area contributed by atoms with Crippen molar-refractivity contribution >= 4 is 11.9 Å². The van der Waals surface area contributed by atoms with Crippen LogP contribution in [-0.2, 0) is 4.79 Å². The van der Waals surface area contributed by atoms with Crippen molar-refractivity contribution in [3.63, 3.8) is 0 Å². The Morgan fingerprint density at radius 3 is 2.80 bits per heavy atom. The number of ether oxygens (including phenoxy) is 2. The molecule has 6 nitrogen and oxygen atoms in total. The van der Waals surface area contributed by atoms with Crippen molar-refractivity contribution in [2.24, 2.45) is 0 Å². The molecule has 1 aliphatic rings. The molecule has 1 amide bonds. The van der Waals surface area contributed by atoms with Crippen LogP contribution in [0.25, 0.3) is 0 Å². The van der Waals surface area contributed by atoms with Crippen molar-refractivity contribution in [2.75, 3.05) is 20.2 Å². The summed E-state index contributed by atoms with van der Waals surface area (Å²) in [6.45, 7) is 2.78. The number of carbonyl (C=O) groups excluding carboxylic acids is 1. The van der Waals surface area contributed by atoms with E-state index in [1.165, 1.54) is 6.07 Å². The summed E-state index contributed by atoms with van der Waals surface area (Å²) < 4.78 is 11.0. The normalized spacial score (nSPS) is 18.2. The van der Waals surface area contributed by atoms with Gasteiger partial charge in [0.2, 0.25) is 0 Å². The van der Waals surface area contributed by atoms with Crippen molar-refractivity contribution in [1.82, 2.24) is 4.90 Å². The Morgan fingerprint density at radius 2 is 2.25 bits per heavy atom. The maximum Gasteiger partial charge on any atom is 0.339 e. The van der Waals surface area contributed by atoms with Crippen molar-refractivity contribution in [3.05, 3.63) is 23.8 Å². The minimum atomic E-state index is -1.11. The molecular formula is C14H17NO5. The Kier molecular flexibility index (Phi) is 4.12. The average Bonchev–Trinajstić information content (AvgIpc) is 2.72. The average molecular weight is 279 g/mol. The molecular weight excluding hydrogens is 262 g/mol. The molecule has 1 unspecified atom stereocenters. The quantitative estimate of drug-likeness (QED) is 0.881. The fourth-order valence-electron chi connectivity index (χ4n) is 2.12. The summed E-state index contributed by atoms with van der Waals surface area (Å²) in [5, 5.41) is 9.22. The van der Waals surface area contributed by atoms with E-state index < -0.39 is 12.1 Å². The predicted octanol–water partition coefficient (Wildman–Crippen LogP) is 1.39. The van der Waals surface area contributed by atoms with E-state index >= 15 is 0 Å². The van der Waals surface area contributed by atoms with Gasteiger partial charge in [0.15, 0.2) is 17.6 Å². The van der Waals surface area contributed by atoms with E-state index in [1.54, 1.807) is 31.0 Å². The van der Waals surface area contributed by atoms with Crippen LogP contribution in [0.15, 0.2) is 18.2 Å². The first kappa shape index (κ1) is 14.2. The molecule has 1 heterocycles. The Bertz CT molecular complexity index is 528. The first-order valence-corrected chi connectivity index (χ1v) is 6.45. The lowest BCUT2D eigenvalue weighted by atomic mass is 10.2. The second-order valence-corrected chi connectivity index (χ2v) is 4.53. The fraction of sp³-hybridized carbons (Fsp3) is 0.429. The Balaban J connectivity index is 2.33. The third-order valence-corrected chi connectivity index (χ3v) is 3.15. The molecule has 1 N–H and O–H groups in total. The van der Waals surface area contributed by atoms with Crippen LogP contribution in [0.1, 0.15) is 23.7 Å². The van der Waals surface area contributed by atoms with E-state index in [1.807, 2.05) is 0 Å². The molecule has 0 aromatic heterocycles. The third-order valence-electron chi connectivity index (χ3n) is 3.15. The molecule has 0 bridgehead atoms. The molecule has 1 fully saturated rings. The van der Waals surface area contributed by atoms with Gasteiger partial charge < -0.3 is 19.5 Å². The zero-order chi connectivity index (χ0) is 14.7. The highest BCUT2D eigenvalue weighted by atomic mass is 16.5. The molecule has 108 valence electrons. The van der Waals surface area contributed by atoms with Crippen LogP contribution in [-0.4, -0.2) is 48.2 Å². The Labute approximate surface area is 116 Å². The van der Waals surface area contributed by atoms with Crippen LogP contribution in [0.2, 0.25) is 0 Å². The summed E-state index contributed by atoms with van der Waals surface area (Å²) in [5.74, 6) is -0.793. The van der Waals surface area contributed by atoms with E-state index in [4.69, 9.17) is 9.47 Å². The summed E-state index contributed by atoms with van der Waals surface area (Å²) in [6.07, 6.45) is -0.116. The van der Waals surface area contributed by atoms with Crippen molar-refractivity contribution in [3.8, 4) is 11.5 Å². The number of hydrogen-bond acceptors (Lipinski definition) is 4. The Hall–Kier alpha value is -2.24. The standard InChI is InChI=1S/C14H17NO5/c1-3-19-10-6-4-5-9(14(17)18)12(10)20-11-7-8-15(2)13(11)16/h4-6,11H,3,7-8H2,1-2H3,(H,17,18). The summed E-state index contributed by atoms with van der Waals surface area (Å²) in [4.78, 5) is 24.7. The number of rotatable bonds is 5. The number of likely N-dealkylation sites (tertiary alicyclic amines) is 1. The van der Waals surface area contributed by atoms with Gasteiger partial charge in [-0.3, -0.25) is 4.79 Å². The van der Waals surface area contributed by atoms with Crippen LogP contribution in [0.3, 0.4) is 0 Å². The number of nitrogens with zero attached hydrogens (tertiary/aromatic N) is 1. The second kappa shape index (κ2) is 5.81. The molecule has 0 saturated carbocycles. The molecule has 2 rings (SSSR count). The molecule has 0 spiro atoms. The largest absolute Gasteiger partial charge is 0.490 e. The molecule has 0 aliphatic carbocycles. The molecule has 1 aliphatic heterocycles. The van der Waals surface area contributed by atoms with Crippen molar-refractivity contribution in [1.29, 1.82) is 0 Å². The number of carboxylic acid groups (broad SMARTS) is 1. The SMILES string of the molecule is CCOc1cccc(C(=O)O)c1OC1CCN(C)C1=O. The molecule has 0 radical (unpaired) electrons. The smallest absolute Gasteiger partial charge is 0.339 e. The molecule has 1 aromatic carbocycles. The topological polar surface area (TPSA) is 76.1 Å². The number of amides is 1. The lowest BCUT2D eigenvalue weighted by Crippen LogP contribution is -2.30. The summed E-state index contributed by atoms with van der Waals surface area (Å²) in [5.41, 5.74) is -0.00157. The first-order chi connectivity index (χ1) is 9.54. The molecule has 1 atom stereocenters. The molecule has 6 heteroatoms. The van der Waals surface area contributed by atoms with Gasteiger partial charge in [0.05, 0.1) is 6.61 Å². The highest BCUT2D eigenvalue weighted by Gasteiger charge is 2.32. The van der Waals surface area contributed by atoms with E-state index in [2.05, 4.69) is 0 Å². The van der Waals surface area contributed by atoms with Gasteiger partial charge in [0.25, 0.3) is 5.91 Å². The minimum absolute atomic E-state index is 0.00157. The molecule has 20 heavy (non-hydrogen) atoms. The predicted molar refractivity (Wildman–Crippen MR) is 71.2 cm³/mol. The van der Waals surface area contributed by atoms with Gasteiger partial charge in [-0.15, -0.1) is 0 Å². The second-order valence-electron chi connectivity index (χ2n) is 4.53. The highest BCUT2D eigenvalue weighted by Crippen LogP contribution is 2.33. The van der Waals surface area contributed by atoms with E-state index in [9.17, 15) is 14.7 Å². The van der Waals surface area contributed by atoms with Gasteiger partial charge in [-0.25, -0.2) is 4.79 Å². The van der Waals surface area contributed by atoms with Gasteiger partial charge in [0.1, 0.15) is 5.56 Å². The van der Waals surface area contributed by atoms with Gasteiger partial charge in [0, 0.05) is 20.0 Å². The van der Waals surface area contributed by atoms with Gasteiger partial charge >= 0.3 is 5.97 Å². The monoisotopic (exact) mass is 279 g/mol. The van der Waals surface area contributed by atoms with E-state index in [0.717, 1.165) is 0 Å². The van der Waals surface area contributed by atoms with Crippen LogP contribution in [0.5, 0.6) is 11.5 Å². The zero-order valence-electron chi connectivity index (χ0n) is 11.5. The number of hydrogen-bond donors (Lipinski definition) is 1. The Morgan fingerprint density at radius 1 is 1.50 bits per heavy atom. The third kappa shape index (κ3) is 2.68. The lowest BCUT2D eigenvalue weighted by Gasteiger charge is -2.17. The van der Waals surface area contributed by atoms with E-state index in [-0.39, 0.29) is 17.2 Å². The van der Waals surface area contributed by atoms with Crippen molar-refractivity contribution in [2.45, 2.75) is 19.4 Å². The maximum absolute atomic E-state index is 11.9. The number of likely N-dealkylation sites (N-methyl/N-ethyl adjacent to an activating group) is 1. The van der Waals surface area contributed by atoms with Crippen LogP contribution < -0.4 is 9.47 Å². The van der Waals surface area contributed by atoms with E-state index in [0.29, 0.717) is 25.3 Å². The molecule has 1 saturated heterocycles. The number of carboxylic acids is 1. The number of para-hydroxylation sites is 1. The maximum atomic E-state index is 11.9. The first-order valence-electron chi connectivity index (χ1n) is 6.45. The zero-order valence-corrected chi connectivity index (χ0v) is 11.5. The van der Waals surface area contributed by atoms with Crippen LogP contribution >= 0.6 is 0 Å². The minimum Gasteiger partial charge on any atom is -0.490 e. The van der Waals surface area contributed by atoms with Gasteiger partial charge in [-0.05, 0) is 19.1 Å². The summed E-state index contributed by atoms with van der Waals surface area (Å²) >= 11 is 0. The number of aromatic carboxylic acids is 1. The number of benzene rings is 1. The van der Waals surface area contributed by atoms with Crippen molar-refractivity contribution < 1.29 is 24.2 Å². The van der Waals surface area contributed by atoms with Crippen LogP contribution in [0.4, 0.5) is 0 Å². The number of carbonyl (C=O) groups is 2. The summed E-state index contributed by atoms with van der Waals surface area (Å²) in [7, 11) is 1.69. The lowest BCUT2D eigenvalue weighted by molar-refractivity contribution is -0.132. The molecule has 1 aromatic rings. The van der Waals surface area contributed by atoms with Gasteiger partial charge in [-0.1, -0.05) is 6.07 Å². The van der Waals surface area contributed by atoms with Gasteiger partial charge in [-0.2, -0.15) is 0 Å². The van der Waals surface area contributed by atoms with Crippen LogP contribution in [0, 0.1) is 0 Å². The summed E-state index contributed by atoms with van der Waals surface area (Å²) in [6, 6.07) is 4.65. The fourth-order valence-corrected chi connectivity index (χ4v) is 2.12.